The number of aliphatic hydroxyl groups is 1. The topological polar surface area (TPSA) is 39.6 Å². The van der Waals surface area contributed by atoms with Crippen LogP contribution in [0.1, 0.15) is 26.5 Å². The third kappa shape index (κ3) is 3.00. The van der Waals surface area contributed by atoms with Crippen LogP contribution in [0, 0.1) is 0 Å². The van der Waals surface area contributed by atoms with Crippen LogP contribution in [0.4, 0.5) is 5.82 Å². The molecule has 0 aliphatic carbocycles. The Morgan fingerprint density at radius 2 is 1.89 bits per heavy atom. The van der Waals surface area contributed by atoms with Gasteiger partial charge in [-0.05, 0) is 32.5 Å². The quantitative estimate of drug-likeness (QED) is 0.880. The molecule has 100 valence electrons. The van der Waals surface area contributed by atoms with Crippen molar-refractivity contribution in [1.82, 2.24) is 9.88 Å². The summed E-state index contributed by atoms with van der Waals surface area (Å²) >= 11 is 0. The van der Waals surface area contributed by atoms with Crippen LogP contribution in [-0.2, 0) is 5.60 Å². The summed E-state index contributed by atoms with van der Waals surface area (Å²) in [7, 11) is 0. The number of piperazine rings is 1. The van der Waals surface area contributed by atoms with Crippen LogP contribution in [0.5, 0.6) is 0 Å². The minimum Gasteiger partial charge on any atom is -0.384 e. The van der Waals surface area contributed by atoms with E-state index in [1.54, 1.807) is 13.8 Å². The fourth-order valence-electron chi connectivity index (χ4n) is 2.23. The van der Waals surface area contributed by atoms with Gasteiger partial charge in [-0.1, -0.05) is 13.0 Å². The van der Waals surface area contributed by atoms with Crippen molar-refractivity contribution in [1.29, 1.82) is 0 Å². The molecule has 0 aromatic carbocycles. The van der Waals surface area contributed by atoms with E-state index >= 15 is 0 Å². The van der Waals surface area contributed by atoms with Gasteiger partial charge in [0, 0.05) is 26.2 Å². The van der Waals surface area contributed by atoms with E-state index in [2.05, 4.69) is 21.7 Å². The second-order valence-corrected chi connectivity index (χ2v) is 5.36. The highest BCUT2D eigenvalue weighted by atomic mass is 16.3. The lowest BCUT2D eigenvalue weighted by Crippen LogP contribution is -2.46. The van der Waals surface area contributed by atoms with Crippen molar-refractivity contribution in [2.45, 2.75) is 26.4 Å². The summed E-state index contributed by atoms with van der Waals surface area (Å²) in [6.07, 6.45) is 0. The van der Waals surface area contributed by atoms with Crippen molar-refractivity contribution < 1.29 is 5.11 Å². The Morgan fingerprint density at radius 3 is 2.44 bits per heavy atom. The van der Waals surface area contributed by atoms with Crippen LogP contribution in [0.2, 0.25) is 0 Å². The van der Waals surface area contributed by atoms with Crippen LogP contribution in [0.25, 0.3) is 0 Å². The maximum atomic E-state index is 10.0. The molecule has 1 aliphatic rings. The zero-order valence-electron chi connectivity index (χ0n) is 11.6. The van der Waals surface area contributed by atoms with Gasteiger partial charge in [0.1, 0.15) is 11.4 Å². The van der Waals surface area contributed by atoms with Crippen LogP contribution >= 0.6 is 0 Å². The van der Waals surface area contributed by atoms with E-state index in [0.717, 1.165) is 44.2 Å². The van der Waals surface area contributed by atoms with Crippen molar-refractivity contribution in [2.75, 3.05) is 37.6 Å². The molecule has 1 aromatic heterocycles. The van der Waals surface area contributed by atoms with E-state index in [1.807, 2.05) is 18.2 Å². The number of pyridine rings is 1. The van der Waals surface area contributed by atoms with Gasteiger partial charge in [0.2, 0.25) is 0 Å². The molecule has 2 heterocycles. The van der Waals surface area contributed by atoms with Crippen LogP contribution in [0.15, 0.2) is 18.2 Å². The lowest BCUT2D eigenvalue weighted by molar-refractivity contribution is 0.0739. The summed E-state index contributed by atoms with van der Waals surface area (Å²) in [4.78, 5) is 9.31. The molecule has 4 nitrogen and oxygen atoms in total. The van der Waals surface area contributed by atoms with E-state index in [9.17, 15) is 5.11 Å². The first-order valence-electron chi connectivity index (χ1n) is 6.68. The maximum absolute atomic E-state index is 10.0. The van der Waals surface area contributed by atoms with Crippen LogP contribution in [0.3, 0.4) is 0 Å². The second kappa shape index (κ2) is 5.24. The SMILES string of the molecule is CCN1CCN(c2cccc(C(C)(C)O)n2)CC1. The summed E-state index contributed by atoms with van der Waals surface area (Å²) < 4.78 is 0. The van der Waals surface area contributed by atoms with Gasteiger partial charge in [-0.3, -0.25) is 0 Å². The van der Waals surface area contributed by atoms with Gasteiger partial charge in [0.15, 0.2) is 0 Å². The zero-order valence-corrected chi connectivity index (χ0v) is 11.6. The Morgan fingerprint density at radius 1 is 1.22 bits per heavy atom. The van der Waals surface area contributed by atoms with E-state index in [0.29, 0.717) is 0 Å². The summed E-state index contributed by atoms with van der Waals surface area (Å²) in [6.45, 7) is 11.1. The van der Waals surface area contributed by atoms with Gasteiger partial charge in [-0.15, -0.1) is 0 Å². The molecule has 1 fully saturated rings. The van der Waals surface area contributed by atoms with E-state index in [4.69, 9.17) is 0 Å². The molecule has 1 aromatic rings. The Hall–Kier alpha value is -1.13. The zero-order chi connectivity index (χ0) is 13.2. The molecule has 0 radical (unpaired) electrons. The molecule has 2 rings (SSSR count). The second-order valence-electron chi connectivity index (χ2n) is 5.36. The third-order valence-electron chi connectivity index (χ3n) is 3.50. The largest absolute Gasteiger partial charge is 0.384 e. The molecule has 1 saturated heterocycles. The minimum atomic E-state index is -0.874. The first kappa shape index (κ1) is 13.3. The maximum Gasteiger partial charge on any atom is 0.129 e. The number of aromatic nitrogens is 1. The van der Waals surface area contributed by atoms with Gasteiger partial charge in [-0.25, -0.2) is 4.98 Å². The predicted octanol–water partition coefficient (Wildman–Crippen LogP) is 1.45. The monoisotopic (exact) mass is 249 g/mol. The average molecular weight is 249 g/mol. The highest BCUT2D eigenvalue weighted by molar-refractivity contribution is 5.40. The van der Waals surface area contributed by atoms with Gasteiger partial charge in [0.25, 0.3) is 0 Å². The summed E-state index contributed by atoms with van der Waals surface area (Å²) in [5.41, 5.74) is -0.140. The van der Waals surface area contributed by atoms with Crippen molar-refractivity contribution in [3.05, 3.63) is 23.9 Å². The van der Waals surface area contributed by atoms with Crippen molar-refractivity contribution in [3.8, 4) is 0 Å². The average Bonchev–Trinajstić information content (AvgIpc) is 2.38. The molecule has 0 atom stereocenters. The Balaban J connectivity index is 2.10. The van der Waals surface area contributed by atoms with Crippen LogP contribution < -0.4 is 4.90 Å². The molecule has 18 heavy (non-hydrogen) atoms. The number of anilines is 1. The molecule has 0 unspecified atom stereocenters. The fourth-order valence-corrected chi connectivity index (χ4v) is 2.23. The molecule has 1 N–H and O–H groups in total. The number of hydrogen-bond donors (Lipinski definition) is 1. The normalized spacial score (nSPS) is 18.1. The number of rotatable bonds is 3. The van der Waals surface area contributed by atoms with E-state index in [1.165, 1.54) is 0 Å². The molecular weight excluding hydrogens is 226 g/mol. The van der Waals surface area contributed by atoms with Crippen molar-refractivity contribution in [2.24, 2.45) is 0 Å². The summed E-state index contributed by atoms with van der Waals surface area (Å²) in [5, 5.41) is 10.0. The van der Waals surface area contributed by atoms with E-state index in [-0.39, 0.29) is 0 Å². The lowest BCUT2D eigenvalue weighted by Gasteiger charge is -2.35. The fraction of sp³-hybridized carbons (Fsp3) is 0.643. The molecule has 0 amide bonds. The molecule has 4 heteroatoms. The van der Waals surface area contributed by atoms with E-state index < -0.39 is 5.60 Å². The minimum absolute atomic E-state index is 0.734. The van der Waals surface area contributed by atoms with Gasteiger partial charge < -0.3 is 14.9 Å². The number of likely N-dealkylation sites (N-methyl/N-ethyl adjacent to an activating group) is 1. The Bertz CT molecular complexity index is 392. The van der Waals surface area contributed by atoms with Gasteiger partial charge in [-0.2, -0.15) is 0 Å². The Kier molecular flexibility index (Phi) is 3.88. The summed E-state index contributed by atoms with van der Waals surface area (Å²) in [6, 6.07) is 5.88. The van der Waals surface area contributed by atoms with Crippen molar-refractivity contribution in [3.63, 3.8) is 0 Å². The molecular formula is C14H23N3O. The smallest absolute Gasteiger partial charge is 0.129 e. The van der Waals surface area contributed by atoms with Gasteiger partial charge >= 0.3 is 0 Å². The molecule has 0 spiro atoms. The van der Waals surface area contributed by atoms with Gasteiger partial charge in [0.05, 0.1) is 5.69 Å². The highest BCUT2D eigenvalue weighted by Gasteiger charge is 2.21. The highest BCUT2D eigenvalue weighted by Crippen LogP contribution is 2.21. The number of nitrogens with zero attached hydrogens (tertiary/aromatic N) is 3. The lowest BCUT2D eigenvalue weighted by atomic mass is 10.1. The number of hydrogen-bond acceptors (Lipinski definition) is 4. The first-order chi connectivity index (χ1) is 8.50. The predicted molar refractivity (Wildman–Crippen MR) is 73.8 cm³/mol. The van der Waals surface area contributed by atoms with Crippen molar-refractivity contribution >= 4 is 5.82 Å². The van der Waals surface area contributed by atoms with Crippen LogP contribution in [-0.4, -0.2) is 47.7 Å². The molecule has 0 saturated carbocycles. The molecule has 1 aliphatic heterocycles. The Labute approximate surface area is 109 Å². The summed E-state index contributed by atoms with van der Waals surface area (Å²) in [5.74, 6) is 0.977. The third-order valence-corrected chi connectivity index (χ3v) is 3.50. The molecule has 0 bridgehead atoms. The first-order valence-corrected chi connectivity index (χ1v) is 6.68. The standard InChI is InChI=1S/C14H23N3O/c1-4-16-8-10-17(11-9-16)13-7-5-6-12(15-13)14(2,3)18/h5-7,18H,4,8-11H2,1-3H3.